The predicted molar refractivity (Wildman–Crippen MR) is 122 cm³/mol. The third-order valence-corrected chi connectivity index (χ3v) is 6.61. The van der Waals surface area contributed by atoms with Gasteiger partial charge in [0.25, 0.3) is 5.56 Å². The van der Waals surface area contributed by atoms with Crippen molar-refractivity contribution in [3.8, 4) is 11.4 Å². The topological polar surface area (TPSA) is 92.5 Å². The molecule has 5 rings (SSSR count). The van der Waals surface area contributed by atoms with E-state index in [9.17, 15) is 19.5 Å². The largest absolute Gasteiger partial charge is 0.478 e. The zero-order valence-electron chi connectivity index (χ0n) is 17.0. The molecule has 7 nitrogen and oxygen atoms in total. The van der Waals surface area contributed by atoms with Crippen LogP contribution in [0, 0.1) is 0 Å². The number of amides is 1. The lowest BCUT2D eigenvalue weighted by molar-refractivity contribution is -0.132. The Morgan fingerprint density at radius 2 is 1.75 bits per heavy atom. The number of aromatic carboxylic acids is 1. The molecule has 3 heterocycles. The van der Waals surface area contributed by atoms with E-state index in [0.717, 1.165) is 23.3 Å². The molecule has 2 aromatic carbocycles. The van der Waals surface area contributed by atoms with E-state index in [1.54, 1.807) is 4.90 Å². The van der Waals surface area contributed by atoms with Crippen LogP contribution in [0.3, 0.4) is 0 Å². The molecule has 0 saturated heterocycles. The first-order valence-electron chi connectivity index (χ1n) is 10.2. The second-order valence-electron chi connectivity index (χ2n) is 7.66. The van der Waals surface area contributed by atoms with E-state index in [1.807, 2.05) is 48.5 Å². The van der Waals surface area contributed by atoms with Gasteiger partial charge in [-0.15, -0.1) is 11.3 Å². The van der Waals surface area contributed by atoms with E-state index in [4.69, 9.17) is 0 Å². The van der Waals surface area contributed by atoms with Crippen LogP contribution in [-0.2, 0) is 24.3 Å². The lowest BCUT2D eigenvalue weighted by Crippen LogP contribution is -2.40. The fourth-order valence-corrected chi connectivity index (χ4v) is 4.98. The van der Waals surface area contributed by atoms with Crippen LogP contribution in [-0.4, -0.2) is 38.0 Å². The average Bonchev–Trinajstić information content (AvgIpc) is 3.25. The molecule has 0 radical (unpaired) electrons. The second kappa shape index (κ2) is 8.05. The molecule has 0 unspecified atom stereocenters. The van der Waals surface area contributed by atoms with Gasteiger partial charge < -0.3 is 10.0 Å². The van der Waals surface area contributed by atoms with E-state index in [-0.39, 0.29) is 23.4 Å². The number of carbonyl (C=O) groups is 2. The molecule has 0 fully saturated rings. The normalized spacial score (nSPS) is 13.2. The first kappa shape index (κ1) is 20.1. The Labute approximate surface area is 187 Å². The molecule has 4 aromatic rings. The lowest BCUT2D eigenvalue weighted by atomic mass is 10.00. The monoisotopic (exact) mass is 445 g/mol. The molecule has 0 saturated carbocycles. The van der Waals surface area contributed by atoms with Gasteiger partial charge in [-0.25, -0.2) is 9.78 Å². The zero-order chi connectivity index (χ0) is 22.2. The molecule has 1 aliphatic rings. The Bertz CT molecular complexity index is 1410. The van der Waals surface area contributed by atoms with Crippen molar-refractivity contribution in [2.75, 3.05) is 6.54 Å². The summed E-state index contributed by atoms with van der Waals surface area (Å²) in [7, 11) is 0. The highest BCUT2D eigenvalue weighted by atomic mass is 32.1. The summed E-state index contributed by atoms with van der Waals surface area (Å²) in [5, 5.41) is 11.0. The summed E-state index contributed by atoms with van der Waals surface area (Å²) in [6.45, 7) is 0.849. The van der Waals surface area contributed by atoms with Crippen molar-refractivity contribution >= 4 is 33.4 Å². The van der Waals surface area contributed by atoms with Crippen LogP contribution >= 0.6 is 11.3 Å². The molecular formula is C24H19N3O4S. The second-order valence-corrected chi connectivity index (χ2v) is 8.52. The predicted octanol–water partition coefficient (Wildman–Crippen LogP) is 3.41. The summed E-state index contributed by atoms with van der Waals surface area (Å²) in [6, 6.07) is 17.2. The number of aromatic nitrogens is 2. The number of carboxylic acids is 1. The van der Waals surface area contributed by atoms with Crippen LogP contribution in [0.5, 0.6) is 0 Å². The Morgan fingerprint density at radius 1 is 1.03 bits per heavy atom. The summed E-state index contributed by atoms with van der Waals surface area (Å²) in [5.74, 6) is -1.03. The molecule has 0 spiro atoms. The maximum atomic E-state index is 13.4. The minimum absolute atomic E-state index is 0.0407. The molecular weight excluding hydrogens is 426 g/mol. The molecule has 1 amide bonds. The Morgan fingerprint density at radius 3 is 2.50 bits per heavy atom. The van der Waals surface area contributed by atoms with Crippen molar-refractivity contribution in [1.82, 2.24) is 14.5 Å². The number of rotatable bonds is 4. The number of thiophene rings is 1. The summed E-state index contributed by atoms with van der Waals surface area (Å²) < 4.78 is 1.31. The van der Waals surface area contributed by atoms with Gasteiger partial charge in [0.15, 0.2) is 0 Å². The van der Waals surface area contributed by atoms with Crippen LogP contribution in [0.2, 0.25) is 0 Å². The molecule has 1 N–H and O–H groups in total. The first-order chi connectivity index (χ1) is 15.5. The number of hydrogen-bond donors (Lipinski definition) is 1. The Hall–Kier alpha value is -3.78. The Kier molecular flexibility index (Phi) is 5.07. The fourth-order valence-electron chi connectivity index (χ4n) is 4.08. The van der Waals surface area contributed by atoms with E-state index >= 15 is 0 Å². The standard InChI is InChI=1S/C24H19N3O4S/c28-19(26-11-10-15-6-4-5-9-17(15)12-26)13-27-21(16-7-2-1-3-8-16)25-22-20(23(27)29)18(14-32-22)24(30)31/h1-9,14H,10-13H2,(H,30,31). The van der Waals surface area contributed by atoms with Gasteiger partial charge >= 0.3 is 5.97 Å². The van der Waals surface area contributed by atoms with Gasteiger partial charge in [0, 0.05) is 24.0 Å². The number of benzene rings is 2. The lowest BCUT2D eigenvalue weighted by Gasteiger charge is -2.29. The highest BCUT2D eigenvalue weighted by Gasteiger charge is 2.25. The third kappa shape index (κ3) is 3.48. The van der Waals surface area contributed by atoms with Gasteiger partial charge in [-0.05, 0) is 17.5 Å². The van der Waals surface area contributed by atoms with Crippen LogP contribution in [0.25, 0.3) is 21.6 Å². The average molecular weight is 446 g/mol. The van der Waals surface area contributed by atoms with Crippen LogP contribution in [0.1, 0.15) is 21.5 Å². The van der Waals surface area contributed by atoms with E-state index < -0.39 is 11.5 Å². The third-order valence-electron chi connectivity index (χ3n) is 5.73. The number of carboxylic acid groups (broad SMARTS) is 1. The van der Waals surface area contributed by atoms with Crippen molar-refractivity contribution in [3.05, 3.63) is 87.0 Å². The smallest absolute Gasteiger partial charge is 0.337 e. The van der Waals surface area contributed by atoms with Crippen LogP contribution < -0.4 is 5.56 Å². The zero-order valence-corrected chi connectivity index (χ0v) is 17.8. The van der Waals surface area contributed by atoms with Crippen molar-refractivity contribution in [1.29, 1.82) is 0 Å². The number of fused-ring (bicyclic) bond motifs is 2. The van der Waals surface area contributed by atoms with E-state index in [2.05, 4.69) is 11.1 Å². The molecule has 0 aliphatic carbocycles. The van der Waals surface area contributed by atoms with Gasteiger partial charge in [0.05, 0.1) is 10.9 Å². The molecule has 160 valence electrons. The quantitative estimate of drug-likeness (QED) is 0.520. The van der Waals surface area contributed by atoms with Crippen molar-refractivity contribution in [3.63, 3.8) is 0 Å². The number of carbonyl (C=O) groups excluding carboxylic acids is 1. The van der Waals surface area contributed by atoms with Crippen molar-refractivity contribution in [2.24, 2.45) is 0 Å². The maximum absolute atomic E-state index is 13.4. The first-order valence-corrected chi connectivity index (χ1v) is 11.1. The summed E-state index contributed by atoms with van der Waals surface area (Å²) in [5.41, 5.74) is 2.41. The molecule has 2 aromatic heterocycles. The highest BCUT2D eigenvalue weighted by Crippen LogP contribution is 2.26. The van der Waals surface area contributed by atoms with Crippen molar-refractivity contribution in [2.45, 2.75) is 19.5 Å². The summed E-state index contributed by atoms with van der Waals surface area (Å²) in [6.07, 6.45) is 0.757. The molecule has 0 atom stereocenters. The van der Waals surface area contributed by atoms with E-state index in [0.29, 0.717) is 29.3 Å². The Balaban J connectivity index is 1.58. The highest BCUT2D eigenvalue weighted by molar-refractivity contribution is 7.17. The van der Waals surface area contributed by atoms with Gasteiger partial charge in [0.2, 0.25) is 5.91 Å². The summed E-state index contributed by atoms with van der Waals surface area (Å²) in [4.78, 5) is 45.0. The molecule has 8 heteroatoms. The molecule has 32 heavy (non-hydrogen) atoms. The fraction of sp³-hybridized carbons (Fsp3) is 0.167. The number of hydrogen-bond acceptors (Lipinski definition) is 5. The minimum atomic E-state index is -1.19. The maximum Gasteiger partial charge on any atom is 0.337 e. The van der Waals surface area contributed by atoms with Gasteiger partial charge in [-0.3, -0.25) is 14.2 Å². The SMILES string of the molecule is O=C(O)c1csc2nc(-c3ccccc3)n(CC(=O)N3CCc4ccccc4C3)c(=O)c12. The molecule has 1 aliphatic heterocycles. The van der Waals surface area contributed by atoms with Gasteiger partial charge in [0.1, 0.15) is 17.2 Å². The number of nitrogens with zero attached hydrogens (tertiary/aromatic N) is 3. The van der Waals surface area contributed by atoms with Crippen molar-refractivity contribution < 1.29 is 14.7 Å². The minimum Gasteiger partial charge on any atom is -0.478 e. The van der Waals surface area contributed by atoms with Gasteiger partial charge in [-0.1, -0.05) is 54.6 Å². The molecule has 0 bridgehead atoms. The van der Waals surface area contributed by atoms with Crippen LogP contribution in [0.4, 0.5) is 0 Å². The van der Waals surface area contributed by atoms with Gasteiger partial charge in [-0.2, -0.15) is 0 Å². The summed E-state index contributed by atoms with van der Waals surface area (Å²) >= 11 is 1.11. The van der Waals surface area contributed by atoms with E-state index in [1.165, 1.54) is 15.5 Å². The van der Waals surface area contributed by atoms with Crippen LogP contribution in [0.15, 0.2) is 64.8 Å².